The molecule has 0 aliphatic heterocycles. The molecule has 0 aromatic heterocycles. The maximum atomic E-state index is 2.59. The van der Waals surface area contributed by atoms with Crippen molar-refractivity contribution in [1.82, 2.24) is 0 Å². The molecule has 3 aliphatic carbocycles. The lowest BCUT2D eigenvalue weighted by Gasteiger charge is -2.56. The lowest BCUT2D eigenvalue weighted by atomic mass is 9.49. The predicted octanol–water partition coefficient (Wildman–Crippen LogP) is 10.2. The summed E-state index contributed by atoms with van der Waals surface area (Å²) in [4.78, 5) is 0. The van der Waals surface area contributed by atoms with E-state index in [1.54, 1.807) is 19.3 Å². The van der Waals surface area contributed by atoms with Gasteiger partial charge < -0.3 is 0 Å². The minimum atomic E-state index is 0.485. The molecule has 5 unspecified atom stereocenters. The largest absolute Gasteiger partial charge is 0.0683 e. The van der Waals surface area contributed by atoms with E-state index in [1.807, 2.05) is 13.8 Å². The van der Waals surface area contributed by atoms with E-state index in [0.717, 1.165) is 40.9 Å². The first-order chi connectivity index (χ1) is 14.0. The van der Waals surface area contributed by atoms with Crippen molar-refractivity contribution < 1.29 is 0 Å². The van der Waals surface area contributed by atoms with Gasteiger partial charge in [-0.1, -0.05) is 88.5 Å². The van der Waals surface area contributed by atoms with Crippen molar-refractivity contribution >= 4 is 0 Å². The third kappa shape index (κ3) is 5.49. The fourth-order valence-corrected chi connectivity index (χ4v) is 8.10. The lowest BCUT2D eigenvalue weighted by molar-refractivity contribution is -0.0669. The minimum Gasteiger partial charge on any atom is -0.0683 e. The fourth-order valence-electron chi connectivity index (χ4n) is 8.10. The van der Waals surface area contributed by atoms with E-state index in [0.29, 0.717) is 10.8 Å². The van der Waals surface area contributed by atoms with Gasteiger partial charge in [0.1, 0.15) is 0 Å². The molecule has 0 amide bonds. The van der Waals surface area contributed by atoms with Crippen molar-refractivity contribution in [2.75, 3.05) is 0 Å². The molecule has 0 N–H and O–H groups in total. The van der Waals surface area contributed by atoms with Gasteiger partial charge in [-0.05, 0) is 103 Å². The average molecular weight is 419 g/mol. The van der Waals surface area contributed by atoms with E-state index in [-0.39, 0.29) is 0 Å². The highest BCUT2D eigenvalue weighted by atomic mass is 14.6. The molecule has 0 saturated heterocycles. The van der Waals surface area contributed by atoms with Gasteiger partial charge in [-0.25, -0.2) is 0 Å². The average Bonchev–Trinajstić information content (AvgIpc) is 3.40. The first-order valence-corrected chi connectivity index (χ1v) is 14.0. The summed E-state index contributed by atoms with van der Waals surface area (Å²) in [5.74, 6) is 5.95. The van der Waals surface area contributed by atoms with Gasteiger partial charge in [0.15, 0.2) is 0 Å². The van der Waals surface area contributed by atoms with E-state index in [1.165, 1.54) is 51.4 Å². The van der Waals surface area contributed by atoms with Crippen LogP contribution in [0.1, 0.15) is 140 Å². The third-order valence-corrected chi connectivity index (χ3v) is 10.1. The quantitative estimate of drug-likeness (QED) is 0.385. The zero-order valence-electron chi connectivity index (χ0n) is 22.7. The van der Waals surface area contributed by atoms with E-state index in [9.17, 15) is 0 Å². The molecule has 178 valence electrons. The molecule has 7 atom stereocenters. The molecule has 3 fully saturated rings. The Morgan fingerprint density at radius 1 is 1.00 bits per heavy atom. The molecule has 0 nitrogen and oxygen atoms in total. The lowest BCUT2D eigenvalue weighted by Crippen LogP contribution is -2.48. The van der Waals surface area contributed by atoms with Crippen molar-refractivity contribution in [2.24, 2.45) is 51.8 Å². The second-order valence-corrected chi connectivity index (χ2v) is 13.3. The second-order valence-electron chi connectivity index (χ2n) is 13.3. The van der Waals surface area contributed by atoms with E-state index < -0.39 is 0 Å². The topological polar surface area (TPSA) is 0 Å². The predicted molar refractivity (Wildman–Crippen MR) is 136 cm³/mol. The minimum absolute atomic E-state index is 0.485. The van der Waals surface area contributed by atoms with Crippen LogP contribution in [0.4, 0.5) is 0 Å². The van der Waals surface area contributed by atoms with E-state index in [4.69, 9.17) is 0 Å². The molecule has 0 heterocycles. The zero-order valence-corrected chi connectivity index (χ0v) is 22.7. The van der Waals surface area contributed by atoms with Gasteiger partial charge in [0, 0.05) is 0 Å². The molecule has 0 radical (unpaired) electrons. The van der Waals surface area contributed by atoms with Gasteiger partial charge in [0.05, 0.1) is 0 Å². The molecule has 3 aliphatic rings. The van der Waals surface area contributed by atoms with Crippen molar-refractivity contribution in [3.63, 3.8) is 0 Å². The highest BCUT2D eigenvalue weighted by Crippen LogP contribution is 2.69. The molecule has 30 heavy (non-hydrogen) atoms. The molecule has 3 rings (SSSR count). The van der Waals surface area contributed by atoms with Crippen molar-refractivity contribution in [2.45, 2.75) is 140 Å². The maximum Gasteiger partial charge on any atom is -0.0238 e. The number of hydrogen-bond acceptors (Lipinski definition) is 0. The Kier molecular flexibility index (Phi) is 9.01. The summed E-state index contributed by atoms with van der Waals surface area (Å²) in [5, 5.41) is 0. The third-order valence-electron chi connectivity index (χ3n) is 10.1. The summed E-state index contributed by atoms with van der Waals surface area (Å²) < 4.78 is 0. The van der Waals surface area contributed by atoms with Gasteiger partial charge in [0.25, 0.3) is 0 Å². The highest BCUT2D eigenvalue weighted by Gasteiger charge is 2.60. The summed E-state index contributed by atoms with van der Waals surface area (Å²) in [6, 6.07) is 0. The van der Waals surface area contributed by atoms with Gasteiger partial charge in [-0.15, -0.1) is 0 Å². The Balaban J connectivity index is 0.00000155. The van der Waals surface area contributed by atoms with Crippen molar-refractivity contribution in [3.8, 4) is 0 Å². The Bertz CT molecular complexity index is 507. The number of rotatable bonds is 7. The van der Waals surface area contributed by atoms with Crippen LogP contribution in [-0.4, -0.2) is 0 Å². The van der Waals surface area contributed by atoms with Gasteiger partial charge in [-0.3, -0.25) is 0 Å². The van der Waals surface area contributed by atoms with Crippen LogP contribution in [0.25, 0.3) is 0 Å². The monoisotopic (exact) mass is 418 g/mol. The molecular formula is C30H58. The standard InChI is InChI=1S/C28H52.C2H6/c1-9-16-28(19-22(28)12-11-20(3)10-2)21-13-14-25-23(18-21)24(26(4,5)6)15-17-27(25,7)8;1-2/h20-25H,9-19H2,1-8H3;1-2H3/t20-,21?,22?,23?,24-,25?,28?;/m1./s1. The van der Waals surface area contributed by atoms with Crippen LogP contribution in [0.15, 0.2) is 0 Å². The molecular weight excluding hydrogens is 360 g/mol. The molecule has 0 bridgehead atoms. The van der Waals surface area contributed by atoms with Crippen LogP contribution in [0.5, 0.6) is 0 Å². The summed E-state index contributed by atoms with van der Waals surface area (Å²) in [6.07, 6.45) is 16.4. The van der Waals surface area contributed by atoms with Crippen LogP contribution >= 0.6 is 0 Å². The Labute approximate surface area is 191 Å². The normalized spacial score (nSPS) is 38.8. The van der Waals surface area contributed by atoms with Gasteiger partial charge >= 0.3 is 0 Å². The molecule has 0 aromatic rings. The Hall–Kier alpha value is 0. The highest BCUT2D eigenvalue weighted by molar-refractivity contribution is 5.09. The van der Waals surface area contributed by atoms with Crippen molar-refractivity contribution in [3.05, 3.63) is 0 Å². The number of fused-ring (bicyclic) bond motifs is 1. The van der Waals surface area contributed by atoms with Crippen LogP contribution in [0.2, 0.25) is 0 Å². The van der Waals surface area contributed by atoms with Crippen molar-refractivity contribution in [1.29, 1.82) is 0 Å². The molecule has 3 saturated carbocycles. The van der Waals surface area contributed by atoms with Crippen LogP contribution in [0, 0.1) is 51.8 Å². The van der Waals surface area contributed by atoms with E-state index in [2.05, 4.69) is 55.4 Å². The first kappa shape index (κ1) is 26.3. The summed E-state index contributed by atoms with van der Waals surface area (Å²) in [6.45, 7) is 24.1. The number of hydrogen-bond donors (Lipinski definition) is 0. The SMILES string of the molecule is CC.CCCC1(C2CCC3C(C2)[C@H](C(C)(C)C)CCC3(C)C)CC1CC[C@H](C)CC. The smallest absolute Gasteiger partial charge is 0.0238 e. The van der Waals surface area contributed by atoms with Gasteiger partial charge in [-0.2, -0.15) is 0 Å². The molecule has 0 aromatic carbocycles. The summed E-state index contributed by atoms with van der Waals surface area (Å²) >= 11 is 0. The molecule has 0 spiro atoms. The first-order valence-electron chi connectivity index (χ1n) is 14.0. The van der Waals surface area contributed by atoms with Crippen LogP contribution in [0.3, 0.4) is 0 Å². The maximum absolute atomic E-state index is 2.59. The zero-order chi connectivity index (χ0) is 22.7. The van der Waals surface area contributed by atoms with Crippen LogP contribution in [-0.2, 0) is 0 Å². The summed E-state index contributed by atoms with van der Waals surface area (Å²) in [7, 11) is 0. The second kappa shape index (κ2) is 10.3. The Morgan fingerprint density at radius 2 is 1.67 bits per heavy atom. The van der Waals surface area contributed by atoms with E-state index >= 15 is 0 Å². The fraction of sp³-hybridized carbons (Fsp3) is 1.00. The Morgan fingerprint density at radius 3 is 2.23 bits per heavy atom. The van der Waals surface area contributed by atoms with Crippen LogP contribution < -0.4 is 0 Å². The molecule has 0 heteroatoms. The van der Waals surface area contributed by atoms with Gasteiger partial charge in [0.2, 0.25) is 0 Å². The summed E-state index contributed by atoms with van der Waals surface area (Å²) in [5.41, 5.74) is 1.81.